The molecule has 1 unspecified atom stereocenters. The Bertz CT molecular complexity index is 232. The average Bonchev–Trinajstić information content (AvgIpc) is 2.51. The molecule has 0 saturated carbocycles. The summed E-state index contributed by atoms with van der Waals surface area (Å²) in [7, 11) is 0. The molecule has 0 aliphatic heterocycles. The maximum absolute atomic E-state index is 5.51. The van der Waals surface area contributed by atoms with Crippen LogP contribution in [0.15, 0.2) is 10.8 Å². The number of hydrogen-bond donors (Lipinski definition) is 1. The molecule has 3 nitrogen and oxygen atoms in total. The molecule has 2 N–H and O–H groups in total. The van der Waals surface area contributed by atoms with Crippen LogP contribution < -0.4 is 5.73 Å². The van der Waals surface area contributed by atoms with Crippen molar-refractivity contribution in [3.05, 3.63) is 17.8 Å². The van der Waals surface area contributed by atoms with Crippen molar-refractivity contribution in [1.82, 2.24) is 4.98 Å². The van der Waals surface area contributed by atoms with Gasteiger partial charge in [0, 0.05) is 12.5 Å². The smallest absolute Gasteiger partial charge is 0.181 e. The summed E-state index contributed by atoms with van der Waals surface area (Å²) < 4.78 is 5.28. The molecule has 0 radical (unpaired) electrons. The van der Waals surface area contributed by atoms with Crippen LogP contribution in [0, 0.1) is 0 Å². The van der Waals surface area contributed by atoms with Crippen LogP contribution in [0.1, 0.15) is 44.1 Å². The summed E-state index contributed by atoms with van der Waals surface area (Å²) in [5.41, 5.74) is 6.41. The molecule has 0 aromatic carbocycles. The normalized spacial score (nSPS) is 13.2. The van der Waals surface area contributed by atoms with Crippen molar-refractivity contribution >= 4 is 0 Å². The Balaban J connectivity index is 2.71. The molecule has 0 saturated heterocycles. The molecule has 1 atom stereocenters. The van der Waals surface area contributed by atoms with E-state index in [2.05, 4.69) is 18.8 Å². The molecule has 1 aromatic heterocycles. The highest BCUT2D eigenvalue weighted by atomic mass is 16.3. The van der Waals surface area contributed by atoms with Crippen LogP contribution in [-0.2, 0) is 6.54 Å². The first kappa shape index (κ1) is 9.26. The second-order valence-electron chi connectivity index (χ2n) is 3.06. The van der Waals surface area contributed by atoms with Crippen LogP contribution in [0.25, 0.3) is 0 Å². The van der Waals surface area contributed by atoms with Crippen LogP contribution in [0.4, 0.5) is 0 Å². The Morgan fingerprint density at radius 2 is 2.42 bits per heavy atom. The quantitative estimate of drug-likeness (QED) is 0.748. The second kappa shape index (κ2) is 4.26. The van der Waals surface area contributed by atoms with Gasteiger partial charge in [-0.2, -0.15) is 0 Å². The zero-order chi connectivity index (χ0) is 8.97. The fourth-order valence-corrected chi connectivity index (χ4v) is 1.40. The topological polar surface area (TPSA) is 52.0 Å². The molecule has 1 heterocycles. The Kier molecular flexibility index (Phi) is 3.29. The third kappa shape index (κ3) is 1.85. The van der Waals surface area contributed by atoms with Crippen molar-refractivity contribution in [2.24, 2.45) is 5.73 Å². The number of aromatic nitrogens is 1. The summed E-state index contributed by atoms with van der Waals surface area (Å²) in [5.74, 6) is 1.40. The SMILES string of the molecule is CCCC(C)c1ocnc1CN. The lowest BCUT2D eigenvalue weighted by atomic mass is 10.0. The molecule has 0 aliphatic carbocycles. The van der Waals surface area contributed by atoms with Crippen molar-refractivity contribution in [2.45, 2.75) is 39.2 Å². The molecule has 68 valence electrons. The first-order chi connectivity index (χ1) is 5.79. The molecular formula is C9H16N2O. The van der Waals surface area contributed by atoms with Gasteiger partial charge >= 0.3 is 0 Å². The Morgan fingerprint density at radius 1 is 1.67 bits per heavy atom. The minimum Gasteiger partial charge on any atom is -0.448 e. The molecule has 0 spiro atoms. The predicted octanol–water partition coefficient (Wildman–Crippen LogP) is 2.04. The lowest BCUT2D eigenvalue weighted by Crippen LogP contribution is -2.02. The van der Waals surface area contributed by atoms with Crippen molar-refractivity contribution in [3.63, 3.8) is 0 Å². The van der Waals surface area contributed by atoms with Gasteiger partial charge in [-0.15, -0.1) is 0 Å². The molecule has 12 heavy (non-hydrogen) atoms. The van der Waals surface area contributed by atoms with Crippen molar-refractivity contribution in [3.8, 4) is 0 Å². The van der Waals surface area contributed by atoms with Crippen LogP contribution in [-0.4, -0.2) is 4.98 Å². The van der Waals surface area contributed by atoms with Gasteiger partial charge in [0.15, 0.2) is 6.39 Å². The van der Waals surface area contributed by atoms with E-state index in [0.29, 0.717) is 12.5 Å². The zero-order valence-electron chi connectivity index (χ0n) is 7.71. The lowest BCUT2D eigenvalue weighted by molar-refractivity contribution is 0.452. The van der Waals surface area contributed by atoms with E-state index in [9.17, 15) is 0 Å². The number of nitrogens with zero attached hydrogens (tertiary/aromatic N) is 1. The number of nitrogens with two attached hydrogens (primary N) is 1. The van der Waals surface area contributed by atoms with E-state index in [-0.39, 0.29) is 0 Å². The fourth-order valence-electron chi connectivity index (χ4n) is 1.40. The van der Waals surface area contributed by atoms with Crippen molar-refractivity contribution in [2.75, 3.05) is 0 Å². The summed E-state index contributed by atoms with van der Waals surface area (Å²) >= 11 is 0. The maximum atomic E-state index is 5.51. The molecule has 3 heteroatoms. The third-order valence-electron chi connectivity index (χ3n) is 2.04. The van der Waals surface area contributed by atoms with Gasteiger partial charge in [0.1, 0.15) is 5.76 Å². The van der Waals surface area contributed by atoms with Gasteiger partial charge in [0.25, 0.3) is 0 Å². The summed E-state index contributed by atoms with van der Waals surface area (Å²) in [5, 5.41) is 0. The van der Waals surface area contributed by atoms with Gasteiger partial charge in [-0.05, 0) is 6.42 Å². The number of hydrogen-bond acceptors (Lipinski definition) is 3. The number of rotatable bonds is 4. The zero-order valence-corrected chi connectivity index (χ0v) is 7.71. The van der Waals surface area contributed by atoms with Crippen LogP contribution >= 0.6 is 0 Å². The van der Waals surface area contributed by atoms with Crippen molar-refractivity contribution in [1.29, 1.82) is 0 Å². The predicted molar refractivity (Wildman–Crippen MR) is 47.7 cm³/mol. The molecule has 1 aromatic rings. The average molecular weight is 168 g/mol. The second-order valence-corrected chi connectivity index (χ2v) is 3.06. The first-order valence-electron chi connectivity index (χ1n) is 4.41. The summed E-state index contributed by atoms with van der Waals surface area (Å²) in [6, 6.07) is 0. The molecule has 1 rings (SSSR count). The van der Waals surface area contributed by atoms with Gasteiger partial charge in [0.2, 0.25) is 0 Å². The van der Waals surface area contributed by atoms with Gasteiger partial charge < -0.3 is 10.2 Å². The van der Waals surface area contributed by atoms with Gasteiger partial charge in [0.05, 0.1) is 5.69 Å². The minimum absolute atomic E-state index is 0.441. The number of oxazole rings is 1. The van der Waals surface area contributed by atoms with Crippen LogP contribution in [0.2, 0.25) is 0 Å². The fraction of sp³-hybridized carbons (Fsp3) is 0.667. The van der Waals surface area contributed by atoms with E-state index in [1.807, 2.05) is 0 Å². The molecular weight excluding hydrogens is 152 g/mol. The van der Waals surface area contributed by atoms with Crippen LogP contribution in [0.5, 0.6) is 0 Å². The Hall–Kier alpha value is -0.830. The highest BCUT2D eigenvalue weighted by molar-refractivity contribution is 5.11. The van der Waals surface area contributed by atoms with Gasteiger partial charge in [-0.25, -0.2) is 4.98 Å². The van der Waals surface area contributed by atoms with Gasteiger partial charge in [-0.1, -0.05) is 20.3 Å². The standard InChI is InChI=1S/C9H16N2O/c1-3-4-7(2)9-8(5-10)11-6-12-9/h6-7H,3-5,10H2,1-2H3. The monoisotopic (exact) mass is 168 g/mol. The third-order valence-corrected chi connectivity index (χ3v) is 2.04. The van der Waals surface area contributed by atoms with Crippen molar-refractivity contribution < 1.29 is 4.42 Å². The van der Waals surface area contributed by atoms with Crippen LogP contribution in [0.3, 0.4) is 0 Å². The Morgan fingerprint density at radius 3 is 3.00 bits per heavy atom. The van der Waals surface area contributed by atoms with E-state index in [0.717, 1.165) is 24.3 Å². The summed E-state index contributed by atoms with van der Waals surface area (Å²) in [6.07, 6.45) is 3.76. The maximum Gasteiger partial charge on any atom is 0.181 e. The largest absolute Gasteiger partial charge is 0.448 e. The molecule has 0 amide bonds. The minimum atomic E-state index is 0.441. The van der Waals surface area contributed by atoms with E-state index >= 15 is 0 Å². The molecule has 0 aliphatic rings. The van der Waals surface area contributed by atoms with E-state index in [1.54, 1.807) is 0 Å². The van der Waals surface area contributed by atoms with Gasteiger partial charge in [-0.3, -0.25) is 0 Å². The summed E-state index contributed by atoms with van der Waals surface area (Å²) in [4.78, 5) is 4.05. The summed E-state index contributed by atoms with van der Waals surface area (Å²) in [6.45, 7) is 4.78. The Labute approximate surface area is 73.0 Å². The highest BCUT2D eigenvalue weighted by Crippen LogP contribution is 2.22. The van der Waals surface area contributed by atoms with E-state index < -0.39 is 0 Å². The molecule has 0 bridgehead atoms. The molecule has 0 fully saturated rings. The van der Waals surface area contributed by atoms with E-state index in [4.69, 9.17) is 10.2 Å². The van der Waals surface area contributed by atoms with E-state index in [1.165, 1.54) is 6.39 Å². The first-order valence-corrected chi connectivity index (χ1v) is 4.41. The highest BCUT2D eigenvalue weighted by Gasteiger charge is 2.13. The lowest BCUT2D eigenvalue weighted by Gasteiger charge is -2.06.